The number of ether oxygens (including phenoxy) is 1. The van der Waals surface area contributed by atoms with Crippen LogP contribution in [-0.4, -0.2) is 43.4 Å². The third kappa shape index (κ3) is 6.68. The van der Waals surface area contributed by atoms with Crippen LogP contribution in [0.25, 0.3) is 0 Å². The number of rotatable bonds is 7. The van der Waals surface area contributed by atoms with Crippen molar-refractivity contribution in [2.45, 2.75) is 77.6 Å². The lowest BCUT2D eigenvalue weighted by Gasteiger charge is -2.29. The van der Waals surface area contributed by atoms with Crippen LogP contribution >= 0.6 is 11.3 Å². The predicted molar refractivity (Wildman–Crippen MR) is 144 cm³/mol. The lowest BCUT2D eigenvalue weighted by Crippen LogP contribution is -2.41. The average Bonchev–Trinajstić information content (AvgIpc) is 3.53. The molecule has 194 valence electrons. The summed E-state index contributed by atoms with van der Waals surface area (Å²) in [6, 6.07) is 4.13. The molecule has 3 aromatic heterocycles. The van der Waals surface area contributed by atoms with Crippen molar-refractivity contribution in [1.82, 2.24) is 25.3 Å². The molecule has 37 heavy (non-hydrogen) atoms. The summed E-state index contributed by atoms with van der Waals surface area (Å²) in [5.41, 5.74) is 4.21. The molecule has 1 aliphatic carbocycles. The lowest BCUT2D eigenvalue weighted by atomic mass is 9.84. The number of amides is 1. The Labute approximate surface area is 221 Å². The zero-order valence-corrected chi connectivity index (χ0v) is 22.3. The highest BCUT2D eigenvalue weighted by Crippen LogP contribution is 2.28. The first-order valence-corrected chi connectivity index (χ1v) is 13.7. The van der Waals surface area contributed by atoms with E-state index >= 15 is 0 Å². The van der Waals surface area contributed by atoms with Gasteiger partial charge in [0.15, 0.2) is 0 Å². The number of nitrogens with zero attached hydrogens (tertiary/aromatic N) is 5. The van der Waals surface area contributed by atoms with Crippen molar-refractivity contribution >= 4 is 29.1 Å². The summed E-state index contributed by atoms with van der Waals surface area (Å²) in [6.07, 6.45) is 8.10. The van der Waals surface area contributed by atoms with Gasteiger partial charge in [-0.15, -0.1) is 0 Å². The first-order valence-electron chi connectivity index (χ1n) is 12.8. The third-order valence-electron chi connectivity index (χ3n) is 6.53. The van der Waals surface area contributed by atoms with Crippen LogP contribution in [0.15, 0.2) is 40.3 Å². The number of hydrogen-bond acceptors (Lipinski definition) is 9. The first kappa shape index (κ1) is 25.3. The molecule has 1 amide bonds. The molecule has 0 atom stereocenters. The Morgan fingerprint density at radius 1 is 1.14 bits per heavy atom. The number of alkyl carbamates (subject to hydrolysis) is 1. The number of carbonyl (C=O) groups excluding carboxylic acids is 1. The van der Waals surface area contributed by atoms with E-state index in [1.54, 1.807) is 17.5 Å². The van der Waals surface area contributed by atoms with Gasteiger partial charge in [-0.2, -0.15) is 11.3 Å². The van der Waals surface area contributed by atoms with Crippen LogP contribution < -0.4 is 10.6 Å². The molecule has 0 unspecified atom stereocenters. The topological polar surface area (TPSA) is 114 Å². The van der Waals surface area contributed by atoms with Gasteiger partial charge < -0.3 is 15.4 Å². The molecular weight excluding hydrogens is 486 g/mol. The van der Waals surface area contributed by atoms with Gasteiger partial charge in [0.1, 0.15) is 11.4 Å². The first-order chi connectivity index (χ1) is 17.8. The van der Waals surface area contributed by atoms with Crippen molar-refractivity contribution in [2.75, 3.05) is 5.32 Å². The molecule has 1 fully saturated rings. The molecule has 5 rings (SSSR count). The van der Waals surface area contributed by atoms with E-state index in [4.69, 9.17) is 14.7 Å². The fourth-order valence-electron chi connectivity index (χ4n) is 4.73. The largest absolute Gasteiger partial charge is 0.444 e. The Morgan fingerprint density at radius 3 is 2.73 bits per heavy atom. The van der Waals surface area contributed by atoms with E-state index in [1.807, 2.05) is 33.0 Å². The fraction of sp³-hybridized carbons (Fsp3) is 0.481. The molecule has 2 N–H and O–H groups in total. The third-order valence-corrected chi connectivity index (χ3v) is 7.26. The summed E-state index contributed by atoms with van der Waals surface area (Å²) in [5, 5.41) is 10.5. The maximum absolute atomic E-state index is 12.1. The van der Waals surface area contributed by atoms with Crippen molar-refractivity contribution in [2.24, 2.45) is 10.9 Å². The summed E-state index contributed by atoms with van der Waals surface area (Å²) in [6.45, 7) is 6.85. The van der Waals surface area contributed by atoms with Crippen LogP contribution in [0.4, 0.5) is 10.7 Å². The van der Waals surface area contributed by atoms with E-state index in [0.717, 1.165) is 60.6 Å². The Bertz CT molecular complexity index is 1260. The molecule has 0 saturated heterocycles. The van der Waals surface area contributed by atoms with Crippen LogP contribution in [0.1, 0.15) is 74.8 Å². The molecule has 0 bridgehead atoms. The molecule has 3 aromatic rings. The molecule has 1 aliphatic heterocycles. The van der Waals surface area contributed by atoms with Crippen LogP contribution in [0, 0.1) is 5.92 Å². The molecular formula is C27H33N7O2S. The minimum atomic E-state index is -0.480. The minimum absolute atomic E-state index is 0.167. The van der Waals surface area contributed by atoms with Gasteiger partial charge in [0.25, 0.3) is 0 Å². The molecule has 0 spiro atoms. The van der Waals surface area contributed by atoms with E-state index in [-0.39, 0.29) is 12.1 Å². The number of carbonyl (C=O) groups is 1. The van der Waals surface area contributed by atoms with Gasteiger partial charge in [0.2, 0.25) is 5.95 Å². The highest BCUT2D eigenvalue weighted by atomic mass is 32.1. The highest BCUT2D eigenvalue weighted by Gasteiger charge is 2.27. The molecule has 4 heterocycles. The standard InChI is InChI=1S/C27H33N7O2S/c1-27(2,3)36-26(35)32-19-6-4-17(5-7-19)12-23-29-14-20-22(33-23)15-30-24(20)21-8-10-28-25(34-21)31-13-18-9-11-37-16-18/h8-11,14,16-17,19H,4-7,12-13,15H2,1-3H3,(H,32,35)(H,28,31,34). The second-order valence-electron chi connectivity index (χ2n) is 10.6. The monoisotopic (exact) mass is 519 g/mol. The lowest BCUT2D eigenvalue weighted by molar-refractivity contribution is 0.0487. The van der Waals surface area contributed by atoms with E-state index in [1.165, 1.54) is 5.56 Å². The van der Waals surface area contributed by atoms with Gasteiger partial charge in [0.05, 0.1) is 23.6 Å². The number of nitrogens with one attached hydrogen (secondary N) is 2. The van der Waals surface area contributed by atoms with Gasteiger partial charge in [-0.3, -0.25) is 4.99 Å². The van der Waals surface area contributed by atoms with Crippen LogP contribution in [0.3, 0.4) is 0 Å². The zero-order chi connectivity index (χ0) is 25.8. The molecule has 1 saturated carbocycles. The molecule has 0 aromatic carbocycles. The number of aliphatic imine (C=N–C) groups is 1. The minimum Gasteiger partial charge on any atom is -0.444 e. The van der Waals surface area contributed by atoms with Crippen molar-refractivity contribution in [3.05, 3.63) is 63.6 Å². The normalized spacial score (nSPS) is 19.2. The summed E-state index contributed by atoms with van der Waals surface area (Å²) in [5.74, 6) is 1.95. The molecule has 0 radical (unpaired) electrons. The number of hydrogen-bond donors (Lipinski definition) is 2. The van der Waals surface area contributed by atoms with Crippen LogP contribution in [0.5, 0.6) is 0 Å². The Balaban J connectivity index is 1.15. The van der Waals surface area contributed by atoms with Gasteiger partial charge in [-0.05, 0) is 80.8 Å². The summed E-state index contributed by atoms with van der Waals surface area (Å²) in [7, 11) is 0. The van der Waals surface area contributed by atoms with E-state index < -0.39 is 5.60 Å². The van der Waals surface area contributed by atoms with Crippen LogP contribution in [-0.2, 0) is 24.2 Å². The van der Waals surface area contributed by atoms with Gasteiger partial charge in [-0.1, -0.05) is 0 Å². The Hall–Kier alpha value is -3.40. The number of aromatic nitrogens is 4. The number of anilines is 1. The maximum atomic E-state index is 12.1. The van der Waals surface area contributed by atoms with Crippen molar-refractivity contribution < 1.29 is 9.53 Å². The Kier molecular flexibility index (Phi) is 7.45. The molecule has 2 aliphatic rings. The number of thiophene rings is 1. The van der Waals surface area contributed by atoms with Crippen LogP contribution in [0.2, 0.25) is 0 Å². The van der Waals surface area contributed by atoms with Gasteiger partial charge in [0, 0.05) is 37.0 Å². The second-order valence-corrected chi connectivity index (χ2v) is 11.4. The summed E-state index contributed by atoms with van der Waals surface area (Å²) in [4.78, 5) is 35.3. The zero-order valence-electron chi connectivity index (χ0n) is 21.5. The quantitative estimate of drug-likeness (QED) is 0.455. The fourth-order valence-corrected chi connectivity index (χ4v) is 5.40. The van der Waals surface area contributed by atoms with E-state index in [0.29, 0.717) is 25.0 Å². The smallest absolute Gasteiger partial charge is 0.407 e. The van der Waals surface area contributed by atoms with Crippen molar-refractivity contribution in [3.8, 4) is 0 Å². The van der Waals surface area contributed by atoms with E-state index in [9.17, 15) is 4.79 Å². The second kappa shape index (κ2) is 10.9. The highest BCUT2D eigenvalue weighted by molar-refractivity contribution is 7.07. The SMILES string of the molecule is CC(C)(C)OC(=O)NC1CCC(Cc2ncc3c(n2)CN=C3c2ccnc(NCc3ccsc3)n2)CC1. The van der Waals surface area contributed by atoms with Gasteiger partial charge >= 0.3 is 6.09 Å². The Morgan fingerprint density at radius 2 is 1.97 bits per heavy atom. The van der Waals surface area contributed by atoms with Crippen molar-refractivity contribution in [3.63, 3.8) is 0 Å². The number of fused-ring (bicyclic) bond motifs is 1. The van der Waals surface area contributed by atoms with E-state index in [2.05, 4.69) is 42.4 Å². The average molecular weight is 520 g/mol. The molecule has 9 nitrogen and oxygen atoms in total. The maximum Gasteiger partial charge on any atom is 0.407 e. The molecule has 10 heteroatoms. The summed E-state index contributed by atoms with van der Waals surface area (Å²) < 4.78 is 5.39. The predicted octanol–water partition coefficient (Wildman–Crippen LogP) is 4.92. The van der Waals surface area contributed by atoms with Crippen molar-refractivity contribution in [1.29, 1.82) is 0 Å². The summed E-state index contributed by atoms with van der Waals surface area (Å²) >= 11 is 1.67. The van der Waals surface area contributed by atoms with Gasteiger partial charge in [-0.25, -0.2) is 24.7 Å².